The van der Waals surface area contributed by atoms with Gasteiger partial charge in [-0.05, 0) is 67.1 Å². The minimum absolute atomic E-state index is 0.0555. The predicted octanol–water partition coefficient (Wildman–Crippen LogP) is 5.67. The van der Waals surface area contributed by atoms with Crippen LogP contribution in [0.3, 0.4) is 0 Å². The van der Waals surface area contributed by atoms with Crippen LogP contribution in [0.15, 0.2) is 66.6 Å². The number of carbonyl (C=O) groups is 2. The van der Waals surface area contributed by atoms with Gasteiger partial charge in [0, 0.05) is 23.7 Å². The molecule has 0 unspecified atom stereocenters. The molecule has 2 aromatic carbocycles. The van der Waals surface area contributed by atoms with Crippen molar-refractivity contribution in [3.8, 4) is 11.5 Å². The number of amides is 3. The van der Waals surface area contributed by atoms with Crippen molar-refractivity contribution < 1.29 is 19.1 Å². The van der Waals surface area contributed by atoms with Gasteiger partial charge in [0.05, 0.1) is 20.8 Å². The molecule has 0 fully saturated rings. The Kier molecular flexibility index (Phi) is 10.1. The summed E-state index contributed by atoms with van der Waals surface area (Å²) in [6.45, 7) is 8.97. The molecular formula is C29H35N3O4S. The van der Waals surface area contributed by atoms with Crippen molar-refractivity contribution in [3.05, 3.63) is 88.1 Å². The first kappa shape index (κ1) is 27.8. The predicted molar refractivity (Wildman–Crippen MR) is 150 cm³/mol. The van der Waals surface area contributed by atoms with Gasteiger partial charge in [0.1, 0.15) is 6.54 Å². The summed E-state index contributed by atoms with van der Waals surface area (Å²) in [4.78, 5) is 30.9. The van der Waals surface area contributed by atoms with Crippen LogP contribution in [-0.2, 0) is 17.8 Å². The molecule has 0 aliphatic rings. The molecule has 8 heteroatoms. The van der Waals surface area contributed by atoms with Crippen molar-refractivity contribution in [2.75, 3.05) is 39.2 Å². The minimum Gasteiger partial charge on any atom is -0.493 e. The van der Waals surface area contributed by atoms with Gasteiger partial charge in [0.15, 0.2) is 11.5 Å². The molecule has 3 amide bonds. The Morgan fingerprint density at radius 2 is 1.73 bits per heavy atom. The molecular weight excluding hydrogens is 486 g/mol. The number of thiophene rings is 1. The summed E-state index contributed by atoms with van der Waals surface area (Å²) in [5, 5.41) is 4.91. The summed E-state index contributed by atoms with van der Waals surface area (Å²) in [7, 11) is 3.21. The maximum absolute atomic E-state index is 13.5. The molecule has 3 aromatic rings. The lowest BCUT2D eigenvalue weighted by Gasteiger charge is -2.27. The topological polar surface area (TPSA) is 71.1 Å². The van der Waals surface area contributed by atoms with Crippen molar-refractivity contribution in [1.82, 2.24) is 9.80 Å². The highest BCUT2D eigenvalue weighted by Crippen LogP contribution is 2.28. The SMILES string of the molecule is C=CCN(CC(=O)N(CCc1ccc(OC)c(OC)c1)Cc1sccc1C)C(=O)Nc1ccc(C)cc1. The number of ether oxygens (including phenoxy) is 2. The van der Waals surface area contributed by atoms with Gasteiger partial charge < -0.3 is 24.6 Å². The van der Waals surface area contributed by atoms with Crippen LogP contribution in [0.1, 0.15) is 21.6 Å². The largest absolute Gasteiger partial charge is 0.493 e. The van der Waals surface area contributed by atoms with Gasteiger partial charge in [0.2, 0.25) is 5.91 Å². The van der Waals surface area contributed by atoms with E-state index in [9.17, 15) is 9.59 Å². The zero-order chi connectivity index (χ0) is 26.8. The van der Waals surface area contributed by atoms with Crippen LogP contribution in [0.2, 0.25) is 0 Å². The molecule has 37 heavy (non-hydrogen) atoms. The molecule has 7 nitrogen and oxygen atoms in total. The number of aryl methyl sites for hydroxylation is 2. The van der Waals surface area contributed by atoms with Crippen molar-refractivity contribution in [2.45, 2.75) is 26.8 Å². The Balaban J connectivity index is 1.75. The first-order chi connectivity index (χ1) is 17.8. The fourth-order valence-corrected chi connectivity index (χ4v) is 4.73. The lowest BCUT2D eigenvalue weighted by molar-refractivity contribution is -0.132. The smallest absolute Gasteiger partial charge is 0.322 e. The van der Waals surface area contributed by atoms with E-state index in [-0.39, 0.29) is 25.0 Å². The third-order valence-electron chi connectivity index (χ3n) is 6.04. The third kappa shape index (κ3) is 7.85. The van der Waals surface area contributed by atoms with Crippen LogP contribution in [0.4, 0.5) is 10.5 Å². The normalized spacial score (nSPS) is 10.5. The third-order valence-corrected chi connectivity index (χ3v) is 7.05. The molecule has 196 valence electrons. The van der Waals surface area contributed by atoms with Crippen LogP contribution in [0.5, 0.6) is 11.5 Å². The number of nitrogens with zero attached hydrogens (tertiary/aromatic N) is 2. The van der Waals surface area contributed by atoms with E-state index in [4.69, 9.17) is 9.47 Å². The van der Waals surface area contributed by atoms with E-state index in [2.05, 4.69) is 18.0 Å². The van der Waals surface area contributed by atoms with E-state index < -0.39 is 0 Å². The lowest BCUT2D eigenvalue weighted by Crippen LogP contribution is -2.44. The van der Waals surface area contributed by atoms with Gasteiger partial charge in [-0.25, -0.2) is 4.79 Å². The molecule has 3 rings (SSSR count). The van der Waals surface area contributed by atoms with Crippen LogP contribution in [0, 0.1) is 13.8 Å². The summed E-state index contributed by atoms with van der Waals surface area (Å²) in [6.07, 6.45) is 2.26. The maximum atomic E-state index is 13.5. The Bertz CT molecular complexity index is 1210. The van der Waals surface area contributed by atoms with Gasteiger partial charge in [0.25, 0.3) is 0 Å². The Hall–Kier alpha value is -3.78. The van der Waals surface area contributed by atoms with Crippen LogP contribution < -0.4 is 14.8 Å². The zero-order valence-corrected chi connectivity index (χ0v) is 22.8. The first-order valence-corrected chi connectivity index (χ1v) is 13.0. The van der Waals surface area contributed by atoms with Crippen LogP contribution >= 0.6 is 11.3 Å². The van der Waals surface area contributed by atoms with E-state index in [0.29, 0.717) is 36.7 Å². The molecule has 0 saturated carbocycles. The molecule has 0 aliphatic heterocycles. The highest BCUT2D eigenvalue weighted by molar-refractivity contribution is 7.10. The number of rotatable bonds is 12. The van der Waals surface area contributed by atoms with Gasteiger partial charge in [-0.15, -0.1) is 17.9 Å². The van der Waals surface area contributed by atoms with E-state index in [1.165, 1.54) is 4.90 Å². The van der Waals surface area contributed by atoms with Gasteiger partial charge in [-0.3, -0.25) is 4.79 Å². The van der Waals surface area contributed by atoms with E-state index in [0.717, 1.165) is 21.6 Å². The Morgan fingerprint density at radius 3 is 2.35 bits per heavy atom. The van der Waals surface area contributed by atoms with Crippen molar-refractivity contribution >= 4 is 29.0 Å². The first-order valence-electron chi connectivity index (χ1n) is 12.1. The number of nitrogens with one attached hydrogen (secondary N) is 1. The summed E-state index contributed by atoms with van der Waals surface area (Å²) in [6, 6.07) is 15.0. The molecule has 0 atom stereocenters. The molecule has 0 bridgehead atoms. The van der Waals surface area contributed by atoms with Gasteiger partial charge in [-0.1, -0.05) is 29.8 Å². The number of hydrogen-bond acceptors (Lipinski definition) is 5. The monoisotopic (exact) mass is 521 g/mol. The lowest BCUT2D eigenvalue weighted by atomic mass is 10.1. The maximum Gasteiger partial charge on any atom is 0.322 e. The van der Waals surface area contributed by atoms with Crippen molar-refractivity contribution in [3.63, 3.8) is 0 Å². The summed E-state index contributed by atoms with van der Waals surface area (Å²) < 4.78 is 10.8. The van der Waals surface area contributed by atoms with Crippen LogP contribution in [0.25, 0.3) is 0 Å². The minimum atomic E-state index is -0.343. The fourth-order valence-electron chi connectivity index (χ4n) is 3.81. The second kappa shape index (κ2) is 13.5. The highest BCUT2D eigenvalue weighted by atomic mass is 32.1. The quantitative estimate of drug-likeness (QED) is 0.312. The molecule has 1 heterocycles. The second-order valence-electron chi connectivity index (χ2n) is 8.75. The van der Waals surface area contributed by atoms with E-state index in [1.54, 1.807) is 31.6 Å². The zero-order valence-electron chi connectivity index (χ0n) is 22.0. The fraction of sp³-hybridized carbons (Fsp3) is 0.310. The van der Waals surface area contributed by atoms with Crippen LogP contribution in [-0.4, -0.2) is 55.6 Å². The Morgan fingerprint density at radius 1 is 1.00 bits per heavy atom. The standard InChI is InChI=1S/C29H35N3O4S/c1-6-15-32(29(34)30-24-10-7-21(2)8-11-24)20-28(33)31(19-27-22(3)14-17-37-27)16-13-23-9-12-25(35-4)26(18-23)36-5/h6-12,14,17-18H,1,13,15-16,19-20H2,2-5H3,(H,30,34). The average molecular weight is 522 g/mol. The molecule has 0 spiro atoms. The number of urea groups is 1. The number of carbonyl (C=O) groups excluding carboxylic acids is 2. The molecule has 0 aliphatic carbocycles. The number of methoxy groups -OCH3 is 2. The summed E-state index contributed by atoms with van der Waals surface area (Å²) in [5.41, 5.74) is 3.95. The summed E-state index contributed by atoms with van der Waals surface area (Å²) in [5.74, 6) is 1.18. The number of benzene rings is 2. The number of hydrogen-bond donors (Lipinski definition) is 1. The summed E-state index contributed by atoms with van der Waals surface area (Å²) >= 11 is 1.63. The average Bonchev–Trinajstić information content (AvgIpc) is 3.31. The molecule has 1 aromatic heterocycles. The van der Waals surface area contributed by atoms with E-state index >= 15 is 0 Å². The number of anilines is 1. The molecule has 0 radical (unpaired) electrons. The van der Waals surface area contributed by atoms with Crippen molar-refractivity contribution in [2.24, 2.45) is 0 Å². The van der Waals surface area contributed by atoms with Crippen molar-refractivity contribution in [1.29, 1.82) is 0 Å². The van der Waals surface area contributed by atoms with E-state index in [1.807, 2.05) is 66.6 Å². The molecule has 0 saturated heterocycles. The molecule has 1 N–H and O–H groups in total. The van der Waals surface area contributed by atoms with Gasteiger partial charge >= 0.3 is 6.03 Å². The van der Waals surface area contributed by atoms with Gasteiger partial charge in [-0.2, -0.15) is 0 Å². The second-order valence-corrected chi connectivity index (χ2v) is 9.75. The Labute approximate surface area is 223 Å². The highest BCUT2D eigenvalue weighted by Gasteiger charge is 2.22.